The molecular formula is C9H13F2N3Si. The Hall–Kier alpha value is -1.30. The Bertz CT molecular complexity index is 388. The average molecular weight is 229 g/mol. The average Bonchev–Trinajstić information content (AvgIpc) is 2.09. The first-order valence-electron chi connectivity index (χ1n) is 4.48. The number of anilines is 1. The fourth-order valence-electron chi connectivity index (χ4n) is 1.27. The Morgan fingerprint density at radius 2 is 1.80 bits per heavy atom. The van der Waals surface area contributed by atoms with Crippen LogP contribution in [-0.4, -0.2) is 8.07 Å². The normalized spacial score (nSPS) is 11.3. The van der Waals surface area contributed by atoms with Crippen LogP contribution in [-0.2, 0) is 0 Å². The van der Waals surface area contributed by atoms with Crippen LogP contribution >= 0.6 is 0 Å². The molecule has 0 radical (unpaired) electrons. The smallest absolute Gasteiger partial charge is 0.148 e. The summed E-state index contributed by atoms with van der Waals surface area (Å²) in [6.07, 6.45) is 0. The first kappa shape index (κ1) is 11.8. The minimum atomic E-state index is -1.88. The Balaban J connectivity index is 3.25. The summed E-state index contributed by atoms with van der Waals surface area (Å²) in [4.78, 5) is 0. The van der Waals surface area contributed by atoms with Crippen LogP contribution in [0, 0.1) is 17.2 Å². The molecule has 1 rings (SSSR count). The lowest BCUT2D eigenvalue weighted by Crippen LogP contribution is -2.40. The third-order valence-electron chi connectivity index (χ3n) is 2.04. The molecule has 0 heterocycles. The molecule has 0 atom stereocenters. The van der Waals surface area contributed by atoms with Gasteiger partial charge < -0.3 is 0 Å². The van der Waals surface area contributed by atoms with E-state index in [-0.39, 0.29) is 5.69 Å². The van der Waals surface area contributed by atoms with E-state index in [1.165, 1.54) is 6.07 Å². The standard InChI is InChI=1S/C9H13F2N3Si/c1-15(2,3)9-5-6(10)8(13-14-12)4-7(9)11/h4-5H,1-3H3,(H2,12,13). The minimum Gasteiger partial charge on any atom is -0.257 e. The summed E-state index contributed by atoms with van der Waals surface area (Å²) in [7, 11) is -1.88. The van der Waals surface area contributed by atoms with Crippen LogP contribution < -0.4 is 10.6 Å². The highest BCUT2D eigenvalue weighted by Crippen LogP contribution is 2.17. The van der Waals surface area contributed by atoms with Crippen molar-refractivity contribution in [3.8, 4) is 0 Å². The SMILES string of the molecule is C[Si](C)(C)c1cc(F)c(NN=N)cc1F. The summed E-state index contributed by atoms with van der Waals surface area (Å²) >= 11 is 0. The number of rotatable bonds is 3. The summed E-state index contributed by atoms with van der Waals surface area (Å²) < 4.78 is 27.0. The van der Waals surface area contributed by atoms with Crippen molar-refractivity contribution in [2.75, 3.05) is 5.43 Å². The van der Waals surface area contributed by atoms with Crippen LogP contribution in [0.2, 0.25) is 19.6 Å². The van der Waals surface area contributed by atoms with Gasteiger partial charge in [-0.2, -0.15) is 5.53 Å². The maximum Gasteiger partial charge on any atom is 0.148 e. The molecule has 0 saturated carbocycles. The van der Waals surface area contributed by atoms with Gasteiger partial charge in [0.2, 0.25) is 0 Å². The molecule has 1 aromatic carbocycles. The molecule has 0 aliphatic rings. The third-order valence-corrected chi connectivity index (χ3v) is 4.04. The second-order valence-corrected chi connectivity index (χ2v) is 9.32. The summed E-state index contributed by atoms with van der Waals surface area (Å²) in [5, 5.41) is 3.24. The van der Waals surface area contributed by atoms with Crippen LogP contribution in [0.15, 0.2) is 17.4 Å². The van der Waals surface area contributed by atoms with Crippen molar-refractivity contribution in [2.24, 2.45) is 5.22 Å². The number of halogens is 2. The van der Waals surface area contributed by atoms with E-state index < -0.39 is 19.7 Å². The molecule has 1 aromatic rings. The van der Waals surface area contributed by atoms with Gasteiger partial charge in [-0.05, 0) is 11.3 Å². The maximum atomic E-state index is 13.6. The van der Waals surface area contributed by atoms with Crippen molar-refractivity contribution in [3.63, 3.8) is 0 Å². The largest absolute Gasteiger partial charge is 0.257 e. The van der Waals surface area contributed by atoms with Crippen molar-refractivity contribution >= 4 is 18.9 Å². The van der Waals surface area contributed by atoms with Gasteiger partial charge in [0.15, 0.2) is 0 Å². The van der Waals surface area contributed by atoms with Crippen LogP contribution in [0.25, 0.3) is 0 Å². The molecular weight excluding hydrogens is 216 g/mol. The van der Waals surface area contributed by atoms with Gasteiger partial charge in [0.05, 0.1) is 13.8 Å². The van der Waals surface area contributed by atoms with Crippen molar-refractivity contribution in [1.82, 2.24) is 0 Å². The van der Waals surface area contributed by atoms with Gasteiger partial charge >= 0.3 is 0 Å². The molecule has 82 valence electrons. The molecule has 0 aliphatic carbocycles. The summed E-state index contributed by atoms with van der Waals surface area (Å²) in [5.41, 5.74) is 8.50. The second-order valence-electron chi connectivity index (χ2n) is 4.29. The van der Waals surface area contributed by atoms with E-state index in [9.17, 15) is 8.78 Å². The van der Waals surface area contributed by atoms with Crippen LogP contribution in [0.1, 0.15) is 0 Å². The highest BCUT2D eigenvalue weighted by Gasteiger charge is 2.22. The quantitative estimate of drug-likeness (QED) is 0.467. The van der Waals surface area contributed by atoms with E-state index in [1.807, 2.05) is 19.6 Å². The van der Waals surface area contributed by atoms with Crippen molar-refractivity contribution in [1.29, 1.82) is 5.53 Å². The zero-order valence-corrected chi connectivity index (χ0v) is 9.86. The molecule has 0 aromatic heterocycles. The lowest BCUT2D eigenvalue weighted by atomic mass is 10.3. The topological polar surface area (TPSA) is 48.2 Å². The molecule has 15 heavy (non-hydrogen) atoms. The molecule has 3 nitrogen and oxygen atoms in total. The lowest BCUT2D eigenvalue weighted by Gasteiger charge is -2.18. The Morgan fingerprint density at radius 1 is 1.20 bits per heavy atom. The molecule has 0 aliphatic heterocycles. The zero-order chi connectivity index (χ0) is 11.6. The molecule has 0 spiro atoms. The summed E-state index contributed by atoms with van der Waals surface area (Å²) in [6.45, 7) is 5.81. The fraction of sp³-hybridized carbons (Fsp3) is 0.333. The highest BCUT2D eigenvalue weighted by molar-refractivity contribution is 6.88. The monoisotopic (exact) mass is 229 g/mol. The molecule has 6 heteroatoms. The Kier molecular flexibility index (Phi) is 3.18. The second kappa shape index (κ2) is 4.06. The van der Waals surface area contributed by atoms with Crippen LogP contribution in [0.4, 0.5) is 14.5 Å². The number of benzene rings is 1. The third kappa shape index (κ3) is 2.59. The van der Waals surface area contributed by atoms with Gasteiger partial charge in [0, 0.05) is 6.07 Å². The van der Waals surface area contributed by atoms with Crippen molar-refractivity contribution in [2.45, 2.75) is 19.6 Å². The Labute approximate surface area is 88.0 Å². The molecule has 2 N–H and O–H groups in total. The van der Waals surface area contributed by atoms with E-state index in [0.717, 1.165) is 6.07 Å². The molecule has 0 saturated heterocycles. The lowest BCUT2D eigenvalue weighted by molar-refractivity contribution is 0.608. The number of nitrogens with zero attached hydrogens (tertiary/aromatic N) is 1. The zero-order valence-electron chi connectivity index (χ0n) is 8.86. The summed E-state index contributed by atoms with van der Waals surface area (Å²) in [5.74, 6) is -1.02. The molecule has 0 unspecified atom stereocenters. The van der Waals surface area contributed by atoms with E-state index in [0.29, 0.717) is 5.19 Å². The van der Waals surface area contributed by atoms with Gasteiger partial charge in [0.25, 0.3) is 0 Å². The molecule has 0 amide bonds. The predicted octanol–water partition coefficient (Wildman–Crippen LogP) is 2.87. The van der Waals surface area contributed by atoms with Gasteiger partial charge in [-0.1, -0.05) is 24.9 Å². The summed E-state index contributed by atoms with van der Waals surface area (Å²) in [6, 6.07) is 2.23. The highest BCUT2D eigenvalue weighted by atomic mass is 28.3. The Morgan fingerprint density at radius 3 is 2.27 bits per heavy atom. The molecule has 0 fully saturated rings. The van der Waals surface area contributed by atoms with Gasteiger partial charge in [0.1, 0.15) is 11.6 Å². The number of hydrogen-bond donors (Lipinski definition) is 2. The van der Waals surface area contributed by atoms with Crippen molar-refractivity contribution in [3.05, 3.63) is 23.8 Å². The number of nitrogens with one attached hydrogen (secondary N) is 2. The fourth-order valence-corrected chi connectivity index (χ4v) is 2.62. The van der Waals surface area contributed by atoms with Gasteiger partial charge in [-0.3, -0.25) is 5.43 Å². The predicted molar refractivity (Wildman–Crippen MR) is 58.1 cm³/mol. The van der Waals surface area contributed by atoms with E-state index in [4.69, 9.17) is 5.53 Å². The van der Waals surface area contributed by atoms with Gasteiger partial charge in [-0.25, -0.2) is 8.78 Å². The van der Waals surface area contributed by atoms with Crippen LogP contribution in [0.5, 0.6) is 0 Å². The maximum absolute atomic E-state index is 13.6. The molecule has 0 bridgehead atoms. The van der Waals surface area contributed by atoms with E-state index in [1.54, 1.807) is 0 Å². The number of hydrogen-bond acceptors (Lipinski definition) is 2. The van der Waals surface area contributed by atoms with E-state index >= 15 is 0 Å². The van der Waals surface area contributed by atoms with Gasteiger partial charge in [-0.15, -0.1) is 0 Å². The van der Waals surface area contributed by atoms with Crippen LogP contribution in [0.3, 0.4) is 0 Å². The van der Waals surface area contributed by atoms with Crippen molar-refractivity contribution < 1.29 is 8.78 Å². The minimum absolute atomic E-state index is 0.107. The first-order valence-corrected chi connectivity index (χ1v) is 7.98. The van der Waals surface area contributed by atoms with E-state index in [2.05, 4.69) is 10.6 Å². The first-order chi connectivity index (χ1) is 6.86.